The van der Waals surface area contributed by atoms with E-state index >= 15 is 0 Å². The molecule has 0 heterocycles. The molecule has 0 amide bonds. The monoisotopic (exact) mass is 178 g/mol. The normalized spacial score (nSPS) is 12.4. The standard InChI is InChI=1S/C11H14O2/c1-2-9(8-11(12)13)10-6-4-3-5-7-10/h3-7,9H,2,8H2,1H3,(H,12,13)/t9-/m1/s1. The van der Waals surface area contributed by atoms with E-state index in [-0.39, 0.29) is 12.3 Å². The lowest BCUT2D eigenvalue weighted by molar-refractivity contribution is -0.137. The van der Waals surface area contributed by atoms with E-state index in [1.165, 1.54) is 0 Å². The maximum absolute atomic E-state index is 10.5. The fourth-order valence-electron chi connectivity index (χ4n) is 1.43. The molecule has 0 aromatic heterocycles. The van der Waals surface area contributed by atoms with Crippen molar-refractivity contribution in [1.82, 2.24) is 0 Å². The van der Waals surface area contributed by atoms with Crippen molar-refractivity contribution in [3.63, 3.8) is 0 Å². The lowest BCUT2D eigenvalue weighted by Gasteiger charge is -2.11. The van der Waals surface area contributed by atoms with Crippen LogP contribution in [0.3, 0.4) is 0 Å². The van der Waals surface area contributed by atoms with E-state index < -0.39 is 5.97 Å². The number of hydrogen-bond acceptors (Lipinski definition) is 1. The minimum atomic E-state index is -0.726. The van der Waals surface area contributed by atoms with Crippen LogP contribution >= 0.6 is 0 Å². The van der Waals surface area contributed by atoms with Crippen LogP contribution in [0.4, 0.5) is 0 Å². The lowest BCUT2D eigenvalue weighted by atomic mass is 9.93. The van der Waals surface area contributed by atoms with E-state index in [2.05, 4.69) is 0 Å². The van der Waals surface area contributed by atoms with E-state index in [4.69, 9.17) is 5.11 Å². The van der Waals surface area contributed by atoms with Gasteiger partial charge < -0.3 is 5.11 Å². The predicted octanol–water partition coefficient (Wildman–Crippen LogP) is 2.65. The third-order valence-corrected chi connectivity index (χ3v) is 2.18. The van der Waals surface area contributed by atoms with Crippen molar-refractivity contribution in [1.29, 1.82) is 0 Å². The molecule has 0 fully saturated rings. The summed E-state index contributed by atoms with van der Waals surface area (Å²) < 4.78 is 0. The van der Waals surface area contributed by atoms with Gasteiger partial charge in [-0.25, -0.2) is 0 Å². The fourth-order valence-corrected chi connectivity index (χ4v) is 1.43. The van der Waals surface area contributed by atoms with Gasteiger partial charge in [-0.2, -0.15) is 0 Å². The first-order valence-electron chi connectivity index (χ1n) is 4.50. The Balaban J connectivity index is 2.73. The number of rotatable bonds is 4. The summed E-state index contributed by atoms with van der Waals surface area (Å²) in [5.74, 6) is -0.575. The van der Waals surface area contributed by atoms with E-state index in [1.54, 1.807) is 0 Å². The van der Waals surface area contributed by atoms with Crippen LogP contribution in [-0.4, -0.2) is 11.1 Å². The Bertz CT molecular complexity index is 267. The summed E-state index contributed by atoms with van der Waals surface area (Å²) in [7, 11) is 0. The van der Waals surface area contributed by atoms with Crippen molar-refractivity contribution in [3.8, 4) is 0 Å². The Morgan fingerprint density at radius 3 is 2.46 bits per heavy atom. The van der Waals surface area contributed by atoms with Gasteiger partial charge in [0, 0.05) is 0 Å². The maximum Gasteiger partial charge on any atom is 0.303 e. The minimum absolute atomic E-state index is 0.152. The van der Waals surface area contributed by atoms with Crippen molar-refractivity contribution in [2.75, 3.05) is 0 Å². The van der Waals surface area contributed by atoms with E-state index in [0.717, 1.165) is 12.0 Å². The summed E-state index contributed by atoms with van der Waals surface area (Å²) in [5.41, 5.74) is 1.12. The van der Waals surface area contributed by atoms with Gasteiger partial charge >= 0.3 is 5.97 Å². The van der Waals surface area contributed by atoms with Gasteiger partial charge in [0.1, 0.15) is 0 Å². The second kappa shape index (κ2) is 4.65. The highest BCUT2D eigenvalue weighted by Crippen LogP contribution is 2.22. The van der Waals surface area contributed by atoms with Gasteiger partial charge in [0.25, 0.3) is 0 Å². The molecule has 0 aliphatic carbocycles. The molecule has 0 aliphatic rings. The summed E-state index contributed by atoms with van der Waals surface area (Å²) in [5, 5.41) is 8.68. The topological polar surface area (TPSA) is 37.3 Å². The molecule has 1 atom stereocenters. The SMILES string of the molecule is CC[C@H](CC(=O)O)c1ccccc1. The summed E-state index contributed by atoms with van der Waals surface area (Å²) >= 11 is 0. The number of carboxylic acids is 1. The summed E-state index contributed by atoms with van der Waals surface area (Å²) in [6.45, 7) is 2.01. The Hall–Kier alpha value is -1.31. The van der Waals surface area contributed by atoms with Crippen LogP contribution in [0.1, 0.15) is 31.2 Å². The third-order valence-electron chi connectivity index (χ3n) is 2.18. The predicted molar refractivity (Wildman–Crippen MR) is 51.7 cm³/mol. The van der Waals surface area contributed by atoms with Crippen LogP contribution in [0.2, 0.25) is 0 Å². The Morgan fingerprint density at radius 1 is 1.38 bits per heavy atom. The van der Waals surface area contributed by atoms with Crippen LogP contribution < -0.4 is 0 Å². The Labute approximate surface area is 78.2 Å². The van der Waals surface area contributed by atoms with E-state index in [1.807, 2.05) is 37.3 Å². The molecular formula is C11H14O2. The summed E-state index contributed by atoms with van der Waals surface area (Å²) in [6, 6.07) is 9.80. The average Bonchev–Trinajstić information content (AvgIpc) is 2.15. The zero-order chi connectivity index (χ0) is 9.68. The van der Waals surface area contributed by atoms with Gasteiger partial charge in [-0.15, -0.1) is 0 Å². The molecule has 0 bridgehead atoms. The highest BCUT2D eigenvalue weighted by Gasteiger charge is 2.12. The molecule has 0 saturated carbocycles. The summed E-state index contributed by atoms with van der Waals surface area (Å²) in [6.07, 6.45) is 1.09. The summed E-state index contributed by atoms with van der Waals surface area (Å²) in [4.78, 5) is 10.5. The van der Waals surface area contributed by atoms with Gasteiger partial charge in [-0.1, -0.05) is 37.3 Å². The molecule has 0 saturated heterocycles. The molecule has 1 N–H and O–H groups in total. The quantitative estimate of drug-likeness (QED) is 0.769. The van der Waals surface area contributed by atoms with E-state index in [0.29, 0.717) is 0 Å². The molecule has 0 spiro atoms. The van der Waals surface area contributed by atoms with E-state index in [9.17, 15) is 4.79 Å². The molecule has 1 aromatic rings. The van der Waals surface area contributed by atoms with Crippen molar-refractivity contribution in [2.45, 2.75) is 25.7 Å². The lowest BCUT2D eigenvalue weighted by Crippen LogP contribution is -2.05. The third kappa shape index (κ3) is 2.90. The zero-order valence-corrected chi connectivity index (χ0v) is 7.73. The van der Waals surface area contributed by atoms with Gasteiger partial charge in [0.15, 0.2) is 0 Å². The molecular weight excluding hydrogens is 164 g/mol. The highest BCUT2D eigenvalue weighted by molar-refractivity contribution is 5.68. The van der Waals surface area contributed by atoms with Crippen LogP contribution in [0.25, 0.3) is 0 Å². The zero-order valence-electron chi connectivity index (χ0n) is 7.73. The number of aliphatic carboxylic acids is 1. The van der Waals surface area contributed by atoms with Gasteiger partial charge in [0.05, 0.1) is 6.42 Å². The molecule has 1 rings (SSSR count). The molecule has 2 nitrogen and oxygen atoms in total. The van der Waals surface area contributed by atoms with Crippen LogP contribution in [0, 0.1) is 0 Å². The maximum atomic E-state index is 10.5. The molecule has 70 valence electrons. The second-order valence-corrected chi connectivity index (χ2v) is 3.11. The Kier molecular flexibility index (Phi) is 3.50. The number of benzene rings is 1. The smallest absolute Gasteiger partial charge is 0.303 e. The molecule has 0 radical (unpaired) electrons. The van der Waals surface area contributed by atoms with Gasteiger partial charge in [0.2, 0.25) is 0 Å². The van der Waals surface area contributed by atoms with Crippen molar-refractivity contribution < 1.29 is 9.90 Å². The largest absolute Gasteiger partial charge is 0.481 e. The number of carbonyl (C=O) groups is 1. The first kappa shape index (κ1) is 9.78. The van der Waals surface area contributed by atoms with Crippen molar-refractivity contribution in [2.24, 2.45) is 0 Å². The molecule has 0 unspecified atom stereocenters. The molecule has 2 heteroatoms. The van der Waals surface area contributed by atoms with Crippen molar-refractivity contribution >= 4 is 5.97 Å². The van der Waals surface area contributed by atoms with Crippen LogP contribution in [0.5, 0.6) is 0 Å². The highest BCUT2D eigenvalue weighted by atomic mass is 16.4. The average molecular weight is 178 g/mol. The van der Waals surface area contributed by atoms with Gasteiger partial charge in [-0.05, 0) is 17.9 Å². The first-order valence-corrected chi connectivity index (χ1v) is 4.50. The number of carboxylic acid groups (broad SMARTS) is 1. The molecule has 0 aliphatic heterocycles. The van der Waals surface area contributed by atoms with Crippen molar-refractivity contribution in [3.05, 3.63) is 35.9 Å². The molecule has 1 aromatic carbocycles. The van der Waals surface area contributed by atoms with Crippen LogP contribution in [-0.2, 0) is 4.79 Å². The fraction of sp³-hybridized carbons (Fsp3) is 0.364. The molecule has 13 heavy (non-hydrogen) atoms. The first-order chi connectivity index (χ1) is 6.24. The Morgan fingerprint density at radius 2 is 2.00 bits per heavy atom. The van der Waals surface area contributed by atoms with Crippen LogP contribution in [0.15, 0.2) is 30.3 Å². The van der Waals surface area contributed by atoms with Gasteiger partial charge in [-0.3, -0.25) is 4.79 Å². The second-order valence-electron chi connectivity index (χ2n) is 3.11. The number of hydrogen-bond donors (Lipinski definition) is 1. The minimum Gasteiger partial charge on any atom is -0.481 e.